The van der Waals surface area contributed by atoms with Crippen LogP contribution in [0.5, 0.6) is 0 Å². The highest BCUT2D eigenvalue weighted by Crippen LogP contribution is 2.35. The van der Waals surface area contributed by atoms with Gasteiger partial charge in [0, 0.05) is 12.0 Å². The summed E-state index contributed by atoms with van der Waals surface area (Å²) in [6.07, 6.45) is 0.813. The Labute approximate surface area is 180 Å². The molecule has 1 unspecified atom stereocenters. The number of carbonyl (C=O) groups excluding carboxylic acids is 2. The maximum atomic E-state index is 12.9. The SMILES string of the molecule is CCOC(=O)c1c(NC(=O)c2ccc(-c3ccccc3)cc2)sc2c1CC[NH+](C)C2. The van der Waals surface area contributed by atoms with Gasteiger partial charge in [0.15, 0.2) is 0 Å². The summed E-state index contributed by atoms with van der Waals surface area (Å²) in [5.74, 6) is -0.580. The molecule has 0 saturated carbocycles. The number of hydrogen-bond donors (Lipinski definition) is 2. The van der Waals surface area contributed by atoms with E-state index in [1.807, 2.05) is 54.6 Å². The zero-order valence-corrected chi connectivity index (χ0v) is 18.0. The smallest absolute Gasteiger partial charge is 0.341 e. The normalized spacial score (nSPS) is 15.3. The third kappa shape index (κ3) is 4.15. The summed E-state index contributed by atoms with van der Waals surface area (Å²) in [5, 5.41) is 3.56. The van der Waals surface area contributed by atoms with Gasteiger partial charge >= 0.3 is 5.97 Å². The van der Waals surface area contributed by atoms with E-state index in [4.69, 9.17) is 4.74 Å². The van der Waals surface area contributed by atoms with Gasteiger partial charge in [-0.2, -0.15) is 0 Å². The van der Waals surface area contributed by atoms with E-state index in [2.05, 4.69) is 12.4 Å². The first kappa shape index (κ1) is 20.3. The number of benzene rings is 2. The lowest BCUT2D eigenvalue weighted by Crippen LogP contribution is -3.08. The van der Waals surface area contributed by atoms with Gasteiger partial charge < -0.3 is 15.0 Å². The maximum absolute atomic E-state index is 12.9. The number of ether oxygens (including phenoxy) is 1. The van der Waals surface area contributed by atoms with Crippen molar-refractivity contribution in [1.29, 1.82) is 0 Å². The first-order valence-corrected chi connectivity index (χ1v) is 11.0. The molecule has 1 aromatic heterocycles. The van der Waals surface area contributed by atoms with Crippen molar-refractivity contribution < 1.29 is 19.2 Å². The minimum Gasteiger partial charge on any atom is -0.462 e. The van der Waals surface area contributed by atoms with Crippen molar-refractivity contribution in [3.63, 3.8) is 0 Å². The Morgan fingerprint density at radius 1 is 1.07 bits per heavy atom. The van der Waals surface area contributed by atoms with Gasteiger partial charge in [0.1, 0.15) is 11.5 Å². The van der Waals surface area contributed by atoms with Gasteiger partial charge in [-0.25, -0.2) is 4.79 Å². The second-order valence-electron chi connectivity index (χ2n) is 7.46. The van der Waals surface area contributed by atoms with Crippen molar-refractivity contribution in [2.24, 2.45) is 0 Å². The molecule has 154 valence electrons. The number of nitrogens with one attached hydrogen (secondary N) is 2. The average molecular weight is 422 g/mol. The lowest BCUT2D eigenvalue weighted by atomic mass is 10.0. The number of amides is 1. The van der Waals surface area contributed by atoms with Crippen molar-refractivity contribution in [3.05, 3.63) is 76.2 Å². The Balaban J connectivity index is 1.59. The fourth-order valence-corrected chi connectivity index (χ4v) is 5.09. The summed E-state index contributed by atoms with van der Waals surface area (Å²) in [6.45, 7) is 3.92. The topological polar surface area (TPSA) is 59.8 Å². The lowest BCUT2D eigenvalue weighted by molar-refractivity contribution is -0.895. The first-order chi connectivity index (χ1) is 14.6. The lowest BCUT2D eigenvalue weighted by Gasteiger charge is -2.19. The van der Waals surface area contributed by atoms with Crippen LogP contribution in [0.1, 0.15) is 38.1 Å². The molecule has 1 atom stereocenters. The van der Waals surface area contributed by atoms with E-state index in [0.717, 1.165) is 41.1 Å². The molecule has 4 rings (SSSR count). The summed E-state index contributed by atoms with van der Waals surface area (Å²) in [5.41, 5.74) is 4.26. The van der Waals surface area contributed by atoms with Crippen LogP contribution in [0.4, 0.5) is 5.00 Å². The summed E-state index contributed by atoms with van der Waals surface area (Å²) >= 11 is 1.49. The van der Waals surface area contributed by atoms with Crippen LogP contribution in [-0.2, 0) is 17.7 Å². The largest absolute Gasteiger partial charge is 0.462 e. The number of carbonyl (C=O) groups is 2. The van der Waals surface area contributed by atoms with E-state index in [-0.39, 0.29) is 11.9 Å². The van der Waals surface area contributed by atoms with Gasteiger partial charge in [0.05, 0.1) is 30.6 Å². The maximum Gasteiger partial charge on any atom is 0.341 e. The van der Waals surface area contributed by atoms with Gasteiger partial charge in [-0.15, -0.1) is 11.3 Å². The third-order valence-electron chi connectivity index (χ3n) is 5.32. The van der Waals surface area contributed by atoms with Crippen LogP contribution >= 0.6 is 11.3 Å². The molecule has 0 radical (unpaired) electrons. The summed E-state index contributed by atoms with van der Waals surface area (Å²) in [7, 11) is 2.14. The number of thiophene rings is 1. The van der Waals surface area contributed by atoms with E-state index >= 15 is 0 Å². The van der Waals surface area contributed by atoms with Gasteiger partial charge in [-0.3, -0.25) is 4.79 Å². The standard InChI is InChI=1S/C24H24N2O3S/c1-3-29-24(28)21-19-13-14-26(2)15-20(19)30-23(21)25-22(27)18-11-9-17(10-12-18)16-7-5-4-6-8-16/h4-12H,3,13-15H2,1-2H3,(H,25,27)/p+1. The third-order valence-corrected chi connectivity index (χ3v) is 6.46. The van der Waals surface area contributed by atoms with Crippen LogP contribution < -0.4 is 10.2 Å². The predicted molar refractivity (Wildman–Crippen MR) is 119 cm³/mol. The van der Waals surface area contributed by atoms with E-state index in [9.17, 15) is 9.59 Å². The zero-order valence-electron chi connectivity index (χ0n) is 17.2. The molecule has 0 aliphatic carbocycles. The van der Waals surface area contributed by atoms with Gasteiger partial charge in [-0.05, 0) is 35.7 Å². The van der Waals surface area contributed by atoms with Gasteiger partial charge in [0.2, 0.25) is 0 Å². The number of quaternary nitrogens is 1. The molecule has 0 bridgehead atoms. The Morgan fingerprint density at radius 2 is 1.77 bits per heavy atom. The van der Waals surface area contributed by atoms with Gasteiger partial charge in [0.25, 0.3) is 5.91 Å². The average Bonchev–Trinajstić information content (AvgIpc) is 3.11. The van der Waals surface area contributed by atoms with E-state index < -0.39 is 0 Å². The molecule has 30 heavy (non-hydrogen) atoms. The molecule has 6 heteroatoms. The highest BCUT2D eigenvalue weighted by molar-refractivity contribution is 7.17. The Bertz CT molecular complexity index is 1060. The molecule has 0 saturated heterocycles. The van der Waals surface area contributed by atoms with Crippen LogP contribution in [0, 0.1) is 0 Å². The van der Waals surface area contributed by atoms with Crippen molar-refractivity contribution >= 4 is 28.2 Å². The summed E-state index contributed by atoms with van der Waals surface area (Å²) in [4.78, 5) is 28.1. The zero-order chi connectivity index (χ0) is 21.1. The monoisotopic (exact) mass is 421 g/mol. The molecular formula is C24H25N2O3S+. The van der Waals surface area contributed by atoms with E-state index in [1.54, 1.807) is 6.92 Å². The quantitative estimate of drug-likeness (QED) is 0.621. The molecule has 2 N–H and O–H groups in total. The van der Waals surface area contributed by atoms with Crippen LogP contribution in [0.3, 0.4) is 0 Å². The van der Waals surface area contributed by atoms with Gasteiger partial charge in [-0.1, -0.05) is 42.5 Å². The molecule has 1 aliphatic rings. The molecule has 3 aromatic rings. The van der Waals surface area contributed by atoms with Crippen LogP contribution in [-0.4, -0.2) is 32.1 Å². The molecule has 2 heterocycles. The summed E-state index contributed by atoms with van der Waals surface area (Å²) < 4.78 is 5.28. The minimum atomic E-state index is -0.357. The first-order valence-electron chi connectivity index (χ1n) is 10.2. The molecule has 0 fully saturated rings. The van der Waals surface area contributed by atoms with Crippen molar-refractivity contribution in [2.45, 2.75) is 19.9 Å². The van der Waals surface area contributed by atoms with Crippen molar-refractivity contribution in [1.82, 2.24) is 0 Å². The number of anilines is 1. The molecule has 5 nitrogen and oxygen atoms in total. The van der Waals surface area contributed by atoms with Crippen LogP contribution in [0.2, 0.25) is 0 Å². The molecular weight excluding hydrogens is 396 g/mol. The predicted octanol–water partition coefficient (Wildman–Crippen LogP) is 3.41. The van der Waals surface area contributed by atoms with Crippen LogP contribution in [0.25, 0.3) is 11.1 Å². The van der Waals surface area contributed by atoms with E-state index in [0.29, 0.717) is 22.7 Å². The second kappa shape index (κ2) is 8.81. The van der Waals surface area contributed by atoms with Crippen molar-refractivity contribution in [3.8, 4) is 11.1 Å². The number of hydrogen-bond acceptors (Lipinski definition) is 4. The molecule has 2 aromatic carbocycles. The number of fused-ring (bicyclic) bond motifs is 1. The summed E-state index contributed by atoms with van der Waals surface area (Å²) in [6, 6.07) is 17.5. The number of rotatable bonds is 5. The van der Waals surface area contributed by atoms with Crippen molar-refractivity contribution in [2.75, 3.05) is 25.5 Å². The fraction of sp³-hybridized carbons (Fsp3) is 0.250. The second-order valence-corrected chi connectivity index (χ2v) is 8.56. The molecule has 1 amide bonds. The Hall–Kier alpha value is -2.96. The highest BCUT2D eigenvalue weighted by atomic mass is 32.1. The van der Waals surface area contributed by atoms with E-state index in [1.165, 1.54) is 16.2 Å². The Kier molecular flexibility index (Phi) is 5.97. The Morgan fingerprint density at radius 3 is 2.47 bits per heavy atom. The molecule has 1 aliphatic heterocycles. The highest BCUT2D eigenvalue weighted by Gasteiger charge is 2.30. The molecule has 0 spiro atoms. The fourth-order valence-electron chi connectivity index (χ4n) is 3.75. The number of likely N-dealkylation sites (N-methyl/N-ethyl adjacent to an activating group) is 1. The van der Waals surface area contributed by atoms with Crippen LogP contribution in [0.15, 0.2) is 54.6 Å². The minimum absolute atomic E-state index is 0.223. The number of esters is 1.